The summed E-state index contributed by atoms with van der Waals surface area (Å²) < 4.78 is 23.7. The second-order valence-corrected chi connectivity index (χ2v) is 27.1. The second kappa shape index (κ2) is 15.7. The Morgan fingerprint density at radius 1 is 0.766 bits per heavy atom. The van der Waals surface area contributed by atoms with Gasteiger partial charge in [-0.05, 0) is 90.6 Å². The van der Waals surface area contributed by atoms with Gasteiger partial charge in [-0.15, -0.1) is 0 Å². The largest absolute Gasteiger partial charge is 0.444 e. The molecule has 0 aromatic rings. The number of amides is 2. The first kappa shape index (κ1) is 43.0. The molecule has 4 atom stereocenters. The molecular weight excluding hydrogens is 639 g/mol. The lowest BCUT2D eigenvalue weighted by atomic mass is 10.1. The van der Waals surface area contributed by atoms with E-state index in [1.807, 2.05) is 20.8 Å². The number of nitro groups is 1. The van der Waals surface area contributed by atoms with Crippen LogP contribution < -0.4 is 0 Å². The zero-order chi connectivity index (χ0) is 37.0. The Kier molecular flexibility index (Phi) is 14.4. The average Bonchev–Trinajstić information content (AvgIpc) is 3.42. The van der Waals surface area contributed by atoms with Crippen molar-refractivity contribution in [2.45, 2.75) is 168 Å². The van der Waals surface area contributed by atoms with E-state index in [0.29, 0.717) is 19.5 Å². The minimum atomic E-state index is -2.06. The first-order valence-corrected chi connectivity index (χ1v) is 22.5. The Hall–Kier alpha value is -2.01. The van der Waals surface area contributed by atoms with Crippen LogP contribution in [0.1, 0.15) is 95.9 Å². The molecule has 1 N–H and O–H groups in total. The van der Waals surface area contributed by atoms with Crippen LogP contribution in [0.4, 0.5) is 9.59 Å². The van der Waals surface area contributed by atoms with Gasteiger partial charge in [-0.2, -0.15) is 0 Å². The van der Waals surface area contributed by atoms with Crippen molar-refractivity contribution in [3.05, 3.63) is 22.4 Å². The first-order chi connectivity index (χ1) is 20.9. The van der Waals surface area contributed by atoms with E-state index in [2.05, 4.69) is 67.7 Å². The fraction of sp³-hybridized carbons (Fsp3) is 0.879. The van der Waals surface area contributed by atoms with Gasteiger partial charge < -0.3 is 28.3 Å². The Morgan fingerprint density at radius 2 is 1.15 bits per heavy atom. The summed E-state index contributed by atoms with van der Waals surface area (Å²) in [4.78, 5) is 38.2. The lowest BCUT2D eigenvalue weighted by molar-refractivity contribution is -0.402. The number of aliphatic hydroxyl groups excluding tert-OH is 1. The van der Waals surface area contributed by atoms with Crippen molar-refractivity contribution >= 4 is 28.8 Å². The molecule has 0 unspecified atom stereocenters. The number of carbonyl (C=O) groups excluding carboxylic acids is 2. The van der Waals surface area contributed by atoms with Gasteiger partial charge in [0.05, 0.1) is 35.8 Å². The highest BCUT2D eigenvalue weighted by Crippen LogP contribution is 2.40. The number of nitrogens with zero attached hydrogens (tertiary/aromatic N) is 3. The average molecular weight is 704 g/mol. The molecule has 14 heteroatoms. The maximum Gasteiger partial charge on any atom is 0.410 e. The lowest BCUT2D eigenvalue weighted by Gasteiger charge is -2.40. The maximum atomic E-state index is 12.5. The molecule has 12 nitrogen and oxygen atoms in total. The van der Waals surface area contributed by atoms with E-state index >= 15 is 0 Å². The van der Waals surface area contributed by atoms with Gasteiger partial charge in [-0.1, -0.05) is 41.5 Å². The van der Waals surface area contributed by atoms with Crippen molar-refractivity contribution in [2.75, 3.05) is 19.7 Å². The van der Waals surface area contributed by atoms with Crippen LogP contribution in [0.25, 0.3) is 0 Å². The van der Waals surface area contributed by atoms with Gasteiger partial charge in [0.1, 0.15) is 11.2 Å². The number of aliphatic hydroxyl groups is 1. The Bertz CT molecular complexity index is 1100. The zero-order valence-corrected chi connectivity index (χ0v) is 34.1. The van der Waals surface area contributed by atoms with E-state index in [1.54, 1.807) is 25.7 Å². The fourth-order valence-corrected chi connectivity index (χ4v) is 7.42. The molecule has 2 saturated heterocycles. The molecule has 0 aromatic carbocycles. The second-order valence-electron chi connectivity index (χ2n) is 17.6. The monoisotopic (exact) mass is 703 g/mol. The standard InChI is InChI=1S/C17H32N2O5Si.C16H33NO4Si/c1-16(2,3)23-15(20)18-11-10-14(13(18)9-12-19(21)22)24-25(7,8)17(4,5)6;1-15(2,3)20-14(19)17-10-9-13(12(17)11-18)21-22(7,8)16(4,5)6/h9,12-14H,10-11H2,1-8H3;12-13,18H,9-11H2,1-8H3/b12-9+;/t13-,14+;12-,13+/m11/s1. The minimum Gasteiger partial charge on any atom is -0.444 e. The van der Waals surface area contributed by atoms with Crippen molar-refractivity contribution < 1.29 is 37.9 Å². The third-order valence-electron chi connectivity index (χ3n) is 9.23. The molecule has 2 rings (SSSR count). The summed E-state index contributed by atoms with van der Waals surface area (Å²) in [6.45, 7) is 33.5. The van der Waals surface area contributed by atoms with E-state index in [4.69, 9.17) is 18.3 Å². The van der Waals surface area contributed by atoms with Crippen molar-refractivity contribution in [1.29, 1.82) is 0 Å². The zero-order valence-electron chi connectivity index (χ0n) is 32.1. The van der Waals surface area contributed by atoms with Gasteiger partial charge in [0, 0.05) is 19.2 Å². The van der Waals surface area contributed by atoms with E-state index in [9.17, 15) is 24.8 Å². The normalized spacial score (nSPS) is 23.1. The molecule has 0 bridgehead atoms. The molecule has 2 heterocycles. The molecule has 2 fully saturated rings. The summed E-state index contributed by atoms with van der Waals surface area (Å²) in [5.74, 6) is 0. The summed E-state index contributed by atoms with van der Waals surface area (Å²) in [7, 11) is -3.99. The molecular formula is C33H65N3O9Si2. The third kappa shape index (κ3) is 13.1. The van der Waals surface area contributed by atoms with Gasteiger partial charge >= 0.3 is 12.2 Å². The first-order valence-electron chi connectivity index (χ1n) is 16.7. The van der Waals surface area contributed by atoms with Gasteiger partial charge in [-0.25, -0.2) is 9.59 Å². The Morgan fingerprint density at radius 3 is 1.53 bits per heavy atom. The Balaban J connectivity index is 0.000000474. The van der Waals surface area contributed by atoms with E-state index in [0.717, 1.165) is 12.6 Å². The van der Waals surface area contributed by atoms with Crippen LogP contribution in [-0.2, 0) is 18.3 Å². The van der Waals surface area contributed by atoms with Crippen LogP contribution in [0.5, 0.6) is 0 Å². The predicted octanol–water partition coefficient (Wildman–Crippen LogP) is 7.56. The number of hydrogen-bond donors (Lipinski definition) is 1. The molecule has 47 heavy (non-hydrogen) atoms. The number of carbonyl (C=O) groups is 2. The molecule has 0 saturated carbocycles. The van der Waals surface area contributed by atoms with Crippen LogP contribution >= 0.6 is 0 Å². The highest BCUT2D eigenvalue weighted by atomic mass is 28.4. The minimum absolute atomic E-state index is 0.0176. The van der Waals surface area contributed by atoms with Gasteiger partial charge in [0.2, 0.25) is 6.20 Å². The van der Waals surface area contributed by atoms with Crippen LogP contribution in [0.15, 0.2) is 12.3 Å². The summed E-state index contributed by atoms with van der Waals surface area (Å²) in [5, 5.41) is 20.6. The predicted molar refractivity (Wildman–Crippen MR) is 190 cm³/mol. The summed E-state index contributed by atoms with van der Waals surface area (Å²) >= 11 is 0. The van der Waals surface area contributed by atoms with Crippen molar-refractivity contribution in [2.24, 2.45) is 0 Å². The smallest absolute Gasteiger partial charge is 0.410 e. The molecule has 0 aromatic heterocycles. The third-order valence-corrected chi connectivity index (χ3v) is 18.2. The summed E-state index contributed by atoms with van der Waals surface area (Å²) in [6, 6.07) is -0.807. The van der Waals surface area contributed by atoms with E-state index in [-0.39, 0.29) is 41.0 Å². The van der Waals surface area contributed by atoms with Gasteiger partial charge in [0.25, 0.3) is 0 Å². The van der Waals surface area contributed by atoms with Crippen LogP contribution in [-0.4, -0.2) is 104 Å². The number of hydrogen-bond acceptors (Lipinski definition) is 9. The number of rotatable bonds is 7. The molecule has 2 aliphatic heterocycles. The van der Waals surface area contributed by atoms with Crippen molar-refractivity contribution in [3.8, 4) is 0 Å². The highest BCUT2D eigenvalue weighted by Gasteiger charge is 2.47. The van der Waals surface area contributed by atoms with Gasteiger partial charge in [-0.3, -0.25) is 15.0 Å². The number of ether oxygens (including phenoxy) is 2. The van der Waals surface area contributed by atoms with Crippen molar-refractivity contribution in [3.63, 3.8) is 0 Å². The topological polar surface area (TPSA) is 141 Å². The Labute approximate surface area is 285 Å². The number of likely N-dealkylation sites (tertiary alicyclic amines) is 2. The lowest BCUT2D eigenvalue weighted by Crippen LogP contribution is -2.50. The maximum absolute atomic E-state index is 12.5. The molecule has 274 valence electrons. The molecule has 2 aliphatic rings. The highest BCUT2D eigenvalue weighted by molar-refractivity contribution is 6.74. The van der Waals surface area contributed by atoms with Crippen LogP contribution in [0, 0.1) is 10.1 Å². The van der Waals surface area contributed by atoms with Gasteiger partial charge in [0.15, 0.2) is 16.6 Å². The molecule has 0 radical (unpaired) electrons. The fourth-order valence-electron chi connectivity index (χ4n) is 4.67. The molecule has 0 aliphatic carbocycles. The van der Waals surface area contributed by atoms with Crippen LogP contribution in [0.3, 0.4) is 0 Å². The van der Waals surface area contributed by atoms with E-state index < -0.39 is 44.9 Å². The quantitative estimate of drug-likeness (QED) is 0.162. The van der Waals surface area contributed by atoms with E-state index in [1.165, 1.54) is 11.0 Å². The van der Waals surface area contributed by atoms with Crippen molar-refractivity contribution in [1.82, 2.24) is 9.80 Å². The summed E-state index contributed by atoms with van der Waals surface area (Å²) in [6.07, 6.45) is 2.50. The van der Waals surface area contributed by atoms with Crippen LogP contribution in [0.2, 0.25) is 36.3 Å². The SMILES string of the molecule is CC(C)(C)OC(=O)N1CC[C@H](O[Si](C)(C)C(C)(C)C)[C@H]1/C=C/[N+](=O)[O-].CC(C)(C)OC(=O)N1CC[C@H](O[Si](C)(C)C(C)(C)C)[C@H]1CO. The molecule has 0 spiro atoms. The molecule has 2 amide bonds. The summed E-state index contributed by atoms with van der Waals surface area (Å²) in [5.41, 5.74) is -1.15.